The summed E-state index contributed by atoms with van der Waals surface area (Å²) >= 11 is 3.41. The van der Waals surface area contributed by atoms with Crippen LogP contribution >= 0.6 is 15.9 Å². The number of ether oxygens (including phenoxy) is 1. The second-order valence-electron chi connectivity index (χ2n) is 6.79. The van der Waals surface area contributed by atoms with E-state index in [4.69, 9.17) is 4.74 Å². The monoisotopic (exact) mass is 480 g/mol. The third-order valence-corrected chi connectivity index (χ3v) is 5.16. The number of hydrogen-bond donors (Lipinski definition) is 1. The number of anilines is 1. The van der Waals surface area contributed by atoms with Crippen molar-refractivity contribution in [3.63, 3.8) is 0 Å². The highest BCUT2D eigenvalue weighted by molar-refractivity contribution is 9.10. The fraction of sp³-hybridized carbons (Fsp3) is 0.0870. The Bertz CT molecular complexity index is 1240. The minimum Gasteiger partial charge on any atom is -0.497 e. The smallest absolute Gasteiger partial charge is 0.295 e. The van der Waals surface area contributed by atoms with E-state index in [-0.39, 0.29) is 11.6 Å². The van der Waals surface area contributed by atoms with E-state index in [1.807, 2.05) is 19.1 Å². The van der Waals surface area contributed by atoms with Gasteiger partial charge in [0.2, 0.25) is 5.82 Å². The van der Waals surface area contributed by atoms with E-state index in [0.717, 1.165) is 10.0 Å². The van der Waals surface area contributed by atoms with E-state index in [9.17, 15) is 9.18 Å². The van der Waals surface area contributed by atoms with Crippen LogP contribution in [-0.2, 0) is 0 Å². The lowest BCUT2D eigenvalue weighted by molar-refractivity contribution is 0.101. The van der Waals surface area contributed by atoms with Gasteiger partial charge in [0.05, 0.1) is 12.8 Å². The Morgan fingerprint density at radius 1 is 1.06 bits per heavy atom. The van der Waals surface area contributed by atoms with Crippen molar-refractivity contribution < 1.29 is 13.9 Å². The normalized spacial score (nSPS) is 10.7. The quantitative estimate of drug-likeness (QED) is 0.414. The van der Waals surface area contributed by atoms with Crippen molar-refractivity contribution in [2.24, 2.45) is 0 Å². The van der Waals surface area contributed by atoms with Gasteiger partial charge in [-0.1, -0.05) is 15.9 Å². The topological polar surface area (TPSA) is 69.0 Å². The maximum Gasteiger partial charge on any atom is 0.295 e. The number of carbonyl (C=O) groups is 1. The van der Waals surface area contributed by atoms with Crippen LogP contribution < -0.4 is 10.1 Å². The number of rotatable bonds is 5. The van der Waals surface area contributed by atoms with Crippen LogP contribution in [-0.4, -0.2) is 27.8 Å². The molecule has 0 aliphatic carbocycles. The molecule has 0 aliphatic heterocycles. The Labute approximate surface area is 186 Å². The molecule has 0 atom stereocenters. The van der Waals surface area contributed by atoms with Gasteiger partial charge in [0.1, 0.15) is 11.6 Å². The van der Waals surface area contributed by atoms with Crippen molar-refractivity contribution in [3.8, 4) is 22.8 Å². The zero-order chi connectivity index (χ0) is 22.0. The summed E-state index contributed by atoms with van der Waals surface area (Å²) in [6, 6.07) is 18.6. The summed E-state index contributed by atoms with van der Waals surface area (Å²) in [5.74, 6) is 0.306. The van der Waals surface area contributed by atoms with Crippen LogP contribution in [0.4, 0.5) is 10.1 Å². The molecule has 1 aromatic heterocycles. The third kappa shape index (κ3) is 4.49. The van der Waals surface area contributed by atoms with Gasteiger partial charge in [-0.2, -0.15) is 0 Å². The van der Waals surface area contributed by atoms with Crippen molar-refractivity contribution >= 4 is 27.5 Å². The summed E-state index contributed by atoms with van der Waals surface area (Å²) in [7, 11) is 1.58. The van der Waals surface area contributed by atoms with Gasteiger partial charge in [0.25, 0.3) is 5.91 Å². The maximum absolute atomic E-state index is 13.4. The molecule has 0 aliphatic rings. The SMILES string of the molecule is COc1ccc(-n2nc(C(=O)Nc3ccc(Br)cc3C)nc2-c2ccc(F)cc2)cc1. The summed E-state index contributed by atoms with van der Waals surface area (Å²) in [6.07, 6.45) is 0. The lowest BCUT2D eigenvalue weighted by Crippen LogP contribution is -2.15. The van der Waals surface area contributed by atoms with Gasteiger partial charge in [-0.3, -0.25) is 4.79 Å². The molecule has 8 heteroatoms. The second kappa shape index (κ2) is 8.69. The molecule has 31 heavy (non-hydrogen) atoms. The van der Waals surface area contributed by atoms with Crippen LogP contribution in [0.1, 0.15) is 16.2 Å². The van der Waals surface area contributed by atoms with Gasteiger partial charge >= 0.3 is 0 Å². The number of hydrogen-bond acceptors (Lipinski definition) is 4. The van der Waals surface area contributed by atoms with E-state index in [1.165, 1.54) is 12.1 Å². The largest absolute Gasteiger partial charge is 0.497 e. The van der Waals surface area contributed by atoms with Crippen LogP contribution in [0, 0.1) is 12.7 Å². The number of benzene rings is 3. The summed E-state index contributed by atoms with van der Waals surface area (Å²) in [4.78, 5) is 17.3. The number of halogens is 2. The van der Waals surface area contributed by atoms with Gasteiger partial charge in [-0.15, -0.1) is 5.10 Å². The molecule has 4 rings (SSSR count). The van der Waals surface area contributed by atoms with E-state index < -0.39 is 5.91 Å². The molecule has 156 valence electrons. The van der Waals surface area contributed by atoms with E-state index >= 15 is 0 Å². The highest BCUT2D eigenvalue weighted by atomic mass is 79.9. The zero-order valence-corrected chi connectivity index (χ0v) is 18.4. The Hall–Kier alpha value is -3.52. The average molecular weight is 481 g/mol. The van der Waals surface area contributed by atoms with Gasteiger partial charge in [0.15, 0.2) is 5.82 Å². The zero-order valence-electron chi connectivity index (χ0n) is 16.8. The fourth-order valence-electron chi connectivity index (χ4n) is 3.04. The highest BCUT2D eigenvalue weighted by Crippen LogP contribution is 2.24. The van der Waals surface area contributed by atoms with Crippen molar-refractivity contribution in [1.29, 1.82) is 0 Å². The lowest BCUT2D eigenvalue weighted by Gasteiger charge is -2.07. The Kier molecular flexibility index (Phi) is 5.81. The number of nitrogens with one attached hydrogen (secondary N) is 1. The molecule has 1 amide bonds. The number of nitrogens with zero attached hydrogens (tertiary/aromatic N) is 3. The van der Waals surface area contributed by atoms with Crippen LogP contribution in [0.25, 0.3) is 17.1 Å². The molecular formula is C23H18BrFN4O2. The molecule has 0 saturated heterocycles. The van der Waals surface area contributed by atoms with Gasteiger partial charge in [0, 0.05) is 15.7 Å². The second-order valence-corrected chi connectivity index (χ2v) is 7.70. The molecule has 0 unspecified atom stereocenters. The predicted molar refractivity (Wildman–Crippen MR) is 120 cm³/mol. The molecular weight excluding hydrogens is 463 g/mol. The number of aromatic nitrogens is 3. The number of amides is 1. The number of carbonyl (C=O) groups excluding carboxylic acids is 1. The number of aryl methyl sites for hydroxylation is 1. The maximum atomic E-state index is 13.4. The molecule has 3 aromatic carbocycles. The van der Waals surface area contributed by atoms with E-state index in [1.54, 1.807) is 54.3 Å². The molecule has 6 nitrogen and oxygen atoms in total. The Balaban J connectivity index is 1.74. The lowest BCUT2D eigenvalue weighted by atomic mass is 10.2. The van der Waals surface area contributed by atoms with E-state index in [0.29, 0.717) is 28.5 Å². The van der Waals surface area contributed by atoms with Crippen molar-refractivity contribution in [1.82, 2.24) is 14.8 Å². The molecule has 0 spiro atoms. The van der Waals surface area contributed by atoms with Crippen molar-refractivity contribution in [2.45, 2.75) is 6.92 Å². The van der Waals surface area contributed by atoms with Crippen LogP contribution in [0.5, 0.6) is 5.75 Å². The molecule has 1 heterocycles. The van der Waals surface area contributed by atoms with Crippen LogP contribution in [0.2, 0.25) is 0 Å². The molecule has 0 fully saturated rings. The summed E-state index contributed by atoms with van der Waals surface area (Å²) < 4.78 is 21.1. The van der Waals surface area contributed by atoms with Crippen molar-refractivity contribution in [3.05, 3.63) is 88.4 Å². The third-order valence-electron chi connectivity index (χ3n) is 4.67. The van der Waals surface area contributed by atoms with Gasteiger partial charge in [-0.05, 0) is 79.2 Å². The van der Waals surface area contributed by atoms with Crippen LogP contribution in [0.15, 0.2) is 71.2 Å². The Morgan fingerprint density at radius 3 is 2.42 bits per heavy atom. The van der Waals surface area contributed by atoms with Gasteiger partial charge < -0.3 is 10.1 Å². The Morgan fingerprint density at radius 2 is 1.77 bits per heavy atom. The van der Waals surface area contributed by atoms with Crippen LogP contribution in [0.3, 0.4) is 0 Å². The van der Waals surface area contributed by atoms with Gasteiger partial charge in [-0.25, -0.2) is 14.1 Å². The molecule has 0 saturated carbocycles. The molecule has 4 aromatic rings. The first kappa shape index (κ1) is 20.7. The molecule has 1 N–H and O–H groups in total. The van der Waals surface area contributed by atoms with Crippen molar-refractivity contribution in [2.75, 3.05) is 12.4 Å². The molecule has 0 radical (unpaired) electrons. The summed E-state index contributed by atoms with van der Waals surface area (Å²) in [5.41, 5.74) is 2.88. The average Bonchev–Trinajstić information content (AvgIpc) is 3.22. The van der Waals surface area contributed by atoms with E-state index in [2.05, 4.69) is 31.3 Å². The fourth-order valence-corrected chi connectivity index (χ4v) is 3.52. The first-order valence-electron chi connectivity index (χ1n) is 9.39. The molecule has 0 bridgehead atoms. The highest BCUT2D eigenvalue weighted by Gasteiger charge is 2.19. The number of methoxy groups -OCH3 is 1. The first-order chi connectivity index (χ1) is 14.9. The minimum atomic E-state index is -0.443. The summed E-state index contributed by atoms with van der Waals surface area (Å²) in [6.45, 7) is 1.90. The predicted octanol–water partition coefficient (Wildman–Crippen LogP) is 5.41. The standard InChI is InChI=1S/C23H18BrFN4O2/c1-14-13-16(24)5-12-20(14)26-23(30)21-27-22(15-3-6-17(25)7-4-15)29(28-21)18-8-10-19(31-2)11-9-18/h3-13H,1-2H3,(H,26,30). The summed E-state index contributed by atoms with van der Waals surface area (Å²) in [5, 5.41) is 7.27. The minimum absolute atomic E-state index is 0.00235. The first-order valence-corrected chi connectivity index (χ1v) is 10.2.